The summed E-state index contributed by atoms with van der Waals surface area (Å²) in [5.41, 5.74) is 1.93. The summed E-state index contributed by atoms with van der Waals surface area (Å²) in [5.74, 6) is -0.722. The summed E-state index contributed by atoms with van der Waals surface area (Å²) < 4.78 is 13.0. The van der Waals surface area contributed by atoms with Gasteiger partial charge in [-0.1, -0.05) is 17.7 Å². The number of phenols is 1. The number of nitrogens with one attached hydrogen (secondary N) is 2. The van der Waals surface area contributed by atoms with Crippen LogP contribution in [0.3, 0.4) is 0 Å². The number of amides is 1. The first-order valence-electron chi connectivity index (χ1n) is 6.24. The number of anilines is 2. The molecule has 0 aliphatic rings. The molecule has 2 rings (SSSR count). The van der Waals surface area contributed by atoms with E-state index in [4.69, 9.17) is 11.6 Å². The molecule has 0 aliphatic carbocycles. The average molecular weight is 309 g/mol. The smallest absolute Gasteiger partial charge is 0.243 e. The monoisotopic (exact) mass is 308 g/mol. The zero-order valence-corrected chi connectivity index (χ0v) is 12.0. The molecule has 0 spiro atoms. The van der Waals surface area contributed by atoms with Crippen molar-refractivity contribution in [3.8, 4) is 5.75 Å². The molecule has 0 saturated carbocycles. The van der Waals surface area contributed by atoms with E-state index in [0.717, 1.165) is 5.56 Å². The maximum Gasteiger partial charge on any atom is 0.243 e. The molecular formula is C15H14ClFN2O2. The molecule has 1 amide bonds. The normalized spacial score (nSPS) is 10.2. The molecule has 0 aliphatic heterocycles. The molecule has 4 nitrogen and oxygen atoms in total. The fourth-order valence-corrected chi connectivity index (χ4v) is 1.91. The predicted octanol–water partition coefficient (Wildman–Crippen LogP) is 3.54. The number of carbonyl (C=O) groups is 1. The molecule has 2 aromatic rings. The highest BCUT2D eigenvalue weighted by molar-refractivity contribution is 6.31. The number of rotatable bonds is 4. The van der Waals surface area contributed by atoms with E-state index in [0.29, 0.717) is 11.4 Å². The van der Waals surface area contributed by atoms with Crippen molar-refractivity contribution < 1.29 is 14.3 Å². The van der Waals surface area contributed by atoms with E-state index in [1.807, 2.05) is 6.92 Å². The molecule has 6 heteroatoms. The van der Waals surface area contributed by atoms with Gasteiger partial charge in [0, 0.05) is 17.4 Å². The maximum absolute atomic E-state index is 13.0. The van der Waals surface area contributed by atoms with E-state index in [2.05, 4.69) is 10.6 Å². The Balaban J connectivity index is 1.95. The number of hydrogen-bond donors (Lipinski definition) is 3. The van der Waals surface area contributed by atoms with Crippen molar-refractivity contribution in [3.63, 3.8) is 0 Å². The van der Waals surface area contributed by atoms with Crippen molar-refractivity contribution in [1.82, 2.24) is 0 Å². The highest BCUT2D eigenvalue weighted by Gasteiger charge is 2.06. The van der Waals surface area contributed by atoms with Crippen molar-refractivity contribution in [3.05, 3.63) is 52.8 Å². The molecule has 0 bridgehead atoms. The summed E-state index contributed by atoms with van der Waals surface area (Å²) in [7, 11) is 0. The Kier molecular flexibility index (Phi) is 4.65. The van der Waals surface area contributed by atoms with Gasteiger partial charge in [-0.2, -0.15) is 0 Å². The Morgan fingerprint density at radius 3 is 2.76 bits per heavy atom. The van der Waals surface area contributed by atoms with E-state index >= 15 is 0 Å². The molecular weight excluding hydrogens is 295 g/mol. The Labute approximate surface area is 126 Å². The zero-order valence-electron chi connectivity index (χ0n) is 11.3. The lowest BCUT2D eigenvalue weighted by atomic mass is 10.2. The summed E-state index contributed by atoms with van der Waals surface area (Å²) in [6.07, 6.45) is 0. The van der Waals surface area contributed by atoms with Gasteiger partial charge in [-0.05, 0) is 36.8 Å². The number of benzene rings is 2. The van der Waals surface area contributed by atoms with E-state index in [1.54, 1.807) is 12.1 Å². The third-order valence-corrected chi connectivity index (χ3v) is 3.16. The van der Waals surface area contributed by atoms with Crippen molar-refractivity contribution in [2.75, 3.05) is 17.2 Å². The van der Waals surface area contributed by atoms with Crippen LogP contribution in [-0.2, 0) is 4.79 Å². The minimum atomic E-state index is -0.512. The topological polar surface area (TPSA) is 61.4 Å². The summed E-state index contributed by atoms with van der Waals surface area (Å²) in [6.45, 7) is 1.82. The molecule has 0 radical (unpaired) electrons. The highest BCUT2D eigenvalue weighted by atomic mass is 35.5. The summed E-state index contributed by atoms with van der Waals surface area (Å²) >= 11 is 5.65. The van der Waals surface area contributed by atoms with Gasteiger partial charge in [0.05, 0.1) is 11.6 Å². The van der Waals surface area contributed by atoms with E-state index < -0.39 is 5.82 Å². The summed E-state index contributed by atoms with van der Waals surface area (Å²) in [5, 5.41) is 14.9. The van der Waals surface area contributed by atoms with Crippen molar-refractivity contribution in [1.29, 1.82) is 0 Å². The SMILES string of the molecule is Cc1ccc(O)cc1NC(=O)CNc1ccc(F)c(Cl)c1. The van der Waals surface area contributed by atoms with Crippen molar-refractivity contribution in [2.24, 2.45) is 0 Å². The van der Waals surface area contributed by atoms with Crippen molar-refractivity contribution >= 4 is 28.9 Å². The van der Waals surface area contributed by atoms with Crippen molar-refractivity contribution in [2.45, 2.75) is 6.92 Å². The van der Waals surface area contributed by atoms with Crippen LogP contribution in [0.5, 0.6) is 5.75 Å². The van der Waals surface area contributed by atoms with Gasteiger partial charge in [-0.15, -0.1) is 0 Å². The summed E-state index contributed by atoms with van der Waals surface area (Å²) in [4.78, 5) is 11.8. The minimum absolute atomic E-state index is 0.00292. The number of phenolic OH excluding ortho intramolecular Hbond substituents is 1. The first kappa shape index (κ1) is 15.1. The predicted molar refractivity (Wildman–Crippen MR) is 81.4 cm³/mol. The second-order valence-electron chi connectivity index (χ2n) is 4.53. The van der Waals surface area contributed by atoms with Crippen LogP contribution < -0.4 is 10.6 Å². The van der Waals surface area contributed by atoms with Gasteiger partial charge in [0.1, 0.15) is 11.6 Å². The van der Waals surface area contributed by atoms with Gasteiger partial charge in [0.15, 0.2) is 0 Å². The van der Waals surface area contributed by atoms with Crippen LogP contribution >= 0.6 is 11.6 Å². The van der Waals surface area contributed by atoms with Gasteiger partial charge < -0.3 is 15.7 Å². The Morgan fingerprint density at radius 2 is 2.05 bits per heavy atom. The number of carbonyl (C=O) groups excluding carboxylic acids is 1. The fraction of sp³-hybridized carbons (Fsp3) is 0.133. The average Bonchev–Trinajstić information content (AvgIpc) is 2.44. The molecule has 0 fully saturated rings. The largest absolute Gasteiger partial charge is 0.508 e. The fourth-order valence-electron chi connectivity index (χ4n) is 1.73. The molecule has 0 heterocycles. The standard InChI is InChI=1S/C15H14ClFN2O2/c1-9-2-4-11(20)7-14(9)19-15(21)8-18-10-3-5-13(17)12(16)6-10/h2-7,18,20H,8H2,1H3,(H,19,21). The van der Waals surface area contributed by atoms with Crippen LogP contribution in [0.1, 0.15) is 5.56 Å². The van der Waals surface area contributed by atoms with Crippen LogP contribution in [-0.4, -0.2) is 17.6 Å². The molecule has 3 N–H and O–H groups in total. The number of aromatic hydroxyl groups is 1. The maximum atomic E-state index is 13.0. The van der Waals surface area contributed by atoms with Gasteiger partial charge in [0.25, 0.3) is 0 Å². The third kappa shape index (κ3) is 4.10. The molecule has 0 atom stereocenters. The molecule has 0 unspecified atom stereocenters. The van der Waals surface area contributed by atoms with E-state index in [1.165, 1.54) is 24.3 Å². The molecule has 110 valence electrons. The quantitative estimate of drug-likeness (QED) is 0.809. The van der Waals surface area contributed by atoms with Crippen LogP contribution in [0.15, 0.2) is 36.4 Å². The number of hydrogen-bond acceptors (Lipinski definition) is 3. The lowest BCUT2D eigenvalue weighted by Crippen LogP contribution is -2.22. The Bertz CT molecular complexity index is 677. The van der Waals surface area contributed by atoms with Gasteiger partial charge in [-0.25, -0.2) is 4.39 Å². The van der Waals surface area contributed by atoms with E-state index in [-0.39, 0.29) is 23.2 Å². The first-order valence-corrected chi connectivity index (χ1v) is 6.62. The molecule has 0 aromatic heterocycles. The van der Waals surface area contributed by atoms with Gasteiger partial charge in [0.2, 0.25) is 5.91 Å². The number of aryl methyl sites for hydroxylation is 1. The van der Waals surface area contributed by atoms with Gasteiger partial charge >= 0.3 is 0 Å². The summed E-state index contributed by atoms with van der Waals surface area (Å²) in [6, 6.07) is 8.85. The van der Waals surface area contributed by atoms with Crippen LogP contribution in [0.2, 0.25) is 5.02 Å². The zero-order chi connectivity index (χ0) is 15.4. The van der Waals surface area contributed by atoms with Crippen LogP contribution in [0, 0.1) is 12.7 Å². The minimum Gasteiger partial charge on any atom is -0.508 e. The highest BCUT2D eigenvalue weighted by Crippen LogP contribution is 2.21. The van der Waals surface area contributed by atoms with Crippen LogP contribution in [0.4, 0.5) is 15.8 Å². The second-order valence-corrected chi connectivity index (χ2v) is 4.94. The Hall–Kier alpha value is -2.27. The number of halogens is 2. The molecule has 0 saturated heterocycles. The lowest BCUT2D eigenvalue weighted by molar-refractivity contribution is -0.114. The Morgan fingerprint density at radius 1 is 1.29 bits per heavy atom. The molecule has 2 aromatic carbocycles. The lowest BCUT2D eigenvalue weighted by Gasteiger charge is -2.10. The van der Waals surface area contributed by atoms with Gasteiger partial charge in [-0.3, -0.25) is 4.79 Å². The van der Waals surface area contributed by atoms with E-state index in [9.17, 15) is 14.3 Å². The van der Waals surface area contributed by atoms with Crippen LogP contribution in [0.25, 0.3) is 0 Å². The first-order chi connectivity index (χ1) is 9.95. The third-order valence-electron chi connectivity index (χ3n) is 2.87. The molecule has 21 heavy (non-hydrogen) atoms. The second kappa shape index (κ2) is 6.45.